The van der Waals surface area contributed by atoms with E-state index >= 15 is 0 Å². The molecule has 80 heavy (non-hydrogen) atoms. The number of hydrogen-bond donors (Lipinski definition) is 2. The minimum Gasteiger partial charge on any atom is -0.403 e. The molecular weight excluding hydrogens is 1030 g/mol. The number of benzene rings is 13. The molecule has 0 heterocycles. The molecule has 0 aromatic heterocycles. The lowest BCUT2D eigenvalue weighted by atomic mass is 9.88. The fourth-order valence-electron chi connectivity index (χ4n) is 12.6. The summed E-state index contributed by atoms with van der Waals surface area (Å²) in [6.07, 6.45) is 0. The number of anilines is 2. The summed E-state index contributed by atoms with van der Waals surface area (Å²) >= 11 is 0. The lowest BCUT2D eigenvalue weighted by Crippen LogP contribution is -2.62. The van der Waals surface area contributed by atoms with Crippen LogP contribution in [0.1, 0.15) is 0 Å². The van der Waals surface area contributed by atoms with Crippen molar-refractivity contribution in [2.24, 2.45) is 9.32 Å². The third-order valence-corrected chi connectivity index (χ3v) is 31.8. The van der Waals surface area contributed by atoms with Crippen molar-refractivity contribution in [3.63, 3.8) is 0 Å². The van der Waals surface area contributed by atoms with E-state index in [4.69, 9.17) is 9.32 Å². The van der Waals surface area contributed by atoms with Crippen molar-refractivity contribution >= 4 is 129 Å². The fraction of sp³-hybridized carbons (Fsp3) is 0.0556. The van der Waals surface area contributed by atoms with E-state index in [1.807, 2.05) is 0 Å². The maximum absolute atomic E-state index is 6.16. The molecule has 8 heteroatoms. The molecule has 0 saturated carbocycles. The topological polar surface area (TPSA) is 48.8 Å². The van der Waals surface area contributed by atoms with Gasteiger partial charge < -0.3 is 19.3 Å². The lowest BCUT2D eigenvalue weighted by Gasteiger charge is -2.32. The Hall–Kier alpha value is -8.77. The number of fused-ring (bicyclic) bond motifs is 2. The highest BCUT2D eigenvalue weighted by molar-refractivity contribution is 7.04. The molecule has 0 spiro atoms. The molecule has 13 rings (SSSR count). The van der Waals surface area contributed by atoms with Gasteiger partial charge in [-0.25, -0.2) is 0 Å². The number of hydrogen-bond acceptors (Lipinski definition) is 4. The average Bonchev–Trinajstić information content (AvgIpc) is 2.99. The first-order valence-electron chi connectivity index (χ1n) is 27.8. The van der Waals surface area contributed by atoms with Crippen LogP contribution in [0.3, 0.4) is 0 Å². The Morgan fingerprint density at radius 1 is 0.225 bits per heavy atom. The second-order valence-electron chi connectivity index (χ2n) is 21.9. The average molecular weight is 1100 g/mol. The summed E-state index contributed by atoms with van der Waals surface area (Å²) in [5.41, 5.74) is 2.18. The van der Waals surface area contributed by atoms with Crippen LogP contribution < -0.4 is 62.2 Å². The van der Waals surface area contributed by atoms with Gasteiger partial charge in [0.25, 0.3) is 0 Å². The molecule has 13 aromatic rings. The zero-order valence-corrected chi connectivity index (χ0v) is 49.6. The van der Waals surface area contributed by atoms with Crippen LogP contribution in [-0.2, 0) is 0 Å². The summed E-state index contributed by atoms with van der Waals surface area (Å²) in [4.78, 5) is 8.80. The highest BCUT2D eigenvalue weighted by Crippen LogP contribution is 2.43. The highest BCUT2D eigenvalue weighted by atomic mass is 28.3. The molecule has 13 aromatic carbocycles. The summed E-state index contributed by atoms with van der Waals surface area (Å²) in [7, 11) is -11.0. The van der Waals surface area contributed by atoms with E-state index in [2.05, 4.69) is 327 Å². The van der Waals surface area contributed by atoms with Crippen LogP contribution in [0.5, 0.6) is 0 Å². The molecule has 0 amide bonds. The predicted octanol–water partition coefficient (Wildman–Crippen LogP) is 11.4. The molecule has 0 saturated heterocycles. The van der Waals surface area contributed by atoms with Crippen LogP contribution in [-0.4, -0.2) is 32.9 Å². The van der Waals surface area contributed by atoms with Crippen molar-refractivity contribution in [2.45, 2.75) is 26.2 Å². The second-order valence-corrected chi connectivity index (χ2v) is 36.2. The highest BCUT2D eigenvalue weighted by Gasteiger charge is 2.38. The van der Waals surface area contributed by atoms with Crippen molar-refractivity contribution in [1.29, 1.82) is 0 Å². The largest absolute Gasteiger partial charge is 0.403 e. The van der Waals surface area contributed by atoms with Crippen molar-refractivity contribution < 1.29 is 0 Å². The summed E-state index contributed by atoms with van der Waals surface area (Å²) in [5.74, 6) is 0. The Bertz CT molecular complexity index is 3980. The van der Waals surface area contributed by atoms with Gasteiger partial charge in [0, 0.05) is 32.9 Å². The molecule has 0 bridgehead atoms. The van der Waals surface area contributed by atoms with E-state index in [-0.39, 0.29) is 0 Å². The molecule has 0 atom stereocenters. The zero-order valence-electron chi connectivity index (χ0n) is 45.6. The van der Waals surface area contributed by atoms with Crippen molar-refractivity contribution in [3.05, 3.63) is 302 Å². The van der Waals surface area contributed by atoms with Gasteiger partial charge in [0.2, 0.25) is 32.9 Å². The van der Waals surface area contributed by atoms with E-state index in [1.165, 1.54) is 73.8 Å². The lowest BCUT2D eigenvalue weighted by molar-refractivity contribution is 1.44. The summed E-state index contributed by atoms with van der Waals surface area (Å²) < 4.78 is 12.3. The molecular formula is C72H62N4Si4. The van der Waals surface area contributed by atoms with Crippen LogP contribution in [0.4, 0.5) is 11.4 Å². The quantitative estimate of drug-likeness (QED) is 0.0648. The Balaban J connectivity index is 1.16. The predicted molar refractivity (Wildman–Crippen MR) is 352 cm³/mol. The molecule has 4 nitrogen and oxygen atoms in total. The van der Waals surface area contributed by atoms with Crippen LogP contribution in [0.25, 0.3) is 43.1 Å². The number of nitrogens with one attached hydrogen (secondary N) is 2. The van der Waals surface area contributed by atoms with Gasteiger partial charge in [-0.2, -0.15) is 0 Å². The van der Waals surface area contributed by atoms with Crippen LogP contribution >= 0.6 is 0 Å². The Labute approximate surface area is 473 Å². The first-order chi connectivity index (χ1) is 39.2. The Morgan fingerprint density at radius 2 is 0.438 bits per heavy atom. The molecule has 0 aliphatic heterocycles. The first-order valence-corrected chi connectivity index (χ1v) is 37.7. The van der Waals surface area contributed by atoms with Crippen molar-refractivity contribution in [3.8, 4) is 0 Å². The standard InChI is InChI=1S/C72H62N4Si4/c1-77(53-29-13-5-14-30-53,54-31-15-6-16-32-54)73-65-49-45-61-63-47-51-67(75-79(3,57-37-21-9-22-38-57)58-39-23-10-24-40-58)72-68(76-80(4,59-41-25-11-26-42-59)60-43-27-12-28-44-60)52-48-64(70(63)72)62-46-50-66(71(65)69(61)62)74-78(2,55-33-17-7-18-34-55)56-35-19-8-20-36-56/h5-52,73,75H,1-4H3/b74-66+,76-68+. The van der Waals surface area contributed by atoms with E-state index < -0.39 is 32.9 Å². The third kappa shape index (κ3) is 8.81. The summed E-state index contributed by atoms with van der Waals surface area (Å²) in [6.45, 7) is 9.73. The molecule has 0 unspecified atom stereocenters. The number of rotatable bonds is 14. The fourth-order valence-corrected chi connectivity index (χ4v) is 24.7. The molecule has 0 aliphatic carbocycles. The Kier molecular flexibility index (Phi) is 13.2. The normalized spacial score (nSPS) is 12.9. The van der Waals surface area contributed by atoms with Gasteiger partial charge in [-0.3, -0.25) is 0 Å². The third-order valence-electron chi connectivity index (χ3n) is 17.1. The van der Waals surface area contributed by atoms with Gasteiger partial charge in [0.05, 0.1) is 10.7 Å². The van der Waals surface area contributed by atoms with Crippen molar-refractivity contribution in [2.75, 3.05) is 9.96 Å². The van der Waals surface area contributed by atoms with E-state index in [9.17, 15) is 0 Å². The summed E-state index contributed by atoms with van der Waals surface area (Å²) in [6, 6.07) is 107. The van der Waals surface area contributed by atoms with E-state index in [0.717, 1.165) is 32.9 Å². The summed E-state index contributed by atoms with van der Waals surface area (Å²) in [5, 5.41) is 21.8. The van der Waals surface area contributed by atoms with Gasteiger partial charge in [-0.05, 0) is 113 Å². The maximum atomic E-state index is 6.16. The van der Waals surface area contributed by atoms with Crippen LogP contribution in [0.15, 0.2) is 301 Å². The zero-order chi connectivity index (χ0) is 54.3. The van der Waals surface area contributed by atoms with Gasteiger partial charge in [-0.1, -0.05) is 267 Å². The van der Waals surface area contributed by atoms with E-state index in [1.54, 1.807) is 0 Å². The minimum absolute atomic E-state index is 0.997. The molecule has 2 N–H and O–H groups in total. The van der Waals surface area contributed by atoms with Crippen LogP contribution in [0.2, 0.25) is 26.2 Å². The second kappa shape index (κ2) is 20.8. The minimum atomic E-state index is -2.79. The monoisotopic (exact) mass is 1090 g/mol. The van der Waals surface area contributed by atoms with Crippen LogP contribution in [0, 0.1) is 0 Å². The molecule has 0 fully saturated rings. The molecule has 0 aliphatic rings. The first kappa shape index (κ1) is 50.7. The van der Waals surface area contributed by atoms with Gasteiger partial charge in [-0.15, -0.1) is 0 Å². The van der Waals surface area contributed by atoms with Crippen molar-refractivity contribution in [1.82, 2.24) is 0 Å². The Morgan fingerprint density at radius 3 is 0.675 bits per heavy atom. The smallest absolute Gasteiger partial charge is 0.240 e. The molecule has 386 valence electrons. The molecule has 0 radical (unpaired) electrons. The van der Waals surface area contributed by atoms with Gasteiger partial charge in [0.15, 0.2) is 0 Å². The van der Waals surface area contributed by atoms with Gasteiger partial charge in [0.1, 0.15) is 0 Å². The van der Waals surface area contributed by atoms with E-state index in [0.29, 0.717) is 0 Å². The maximum Gasteiger partial charge on any atom is 0.240 e. The SMILES string of the molecule is C[Si](/N=c1\ccc2c3cc/c(=N\[Si](C)(c4ccccc4)c4ccccc4)c4c(N[Si](C)(c5ccccc5)c5ccccc5)ccc(c5ccc(N[Si](C)(c6ccccc6)c6ccccc6)c1c52)c43)(c1ccccc1)c1ccccc1. The van der Waals surface area contributed by atoms with Gasteiger partial charge >= 0.3 is 0 Å². The number of nitrogens with zero attached hydrogens (tertiary/aromatic N) is 2.